The number of alkyl halides is 1. The van der Waals surface area contributed by atoms with E-state index in [2.05, 4.69) is 53.4 Å². The molecule has 0 spiro atoms. The lowest BCUT2D eigenvalue weighted by atomic mass is 10.1. The summed E-state index contributed by atoms with van der Waals surface area (Å²) in [7, 11) is 0. The Bertz CT molecular complexity index is 331. The fourth-order valence-electron chi connectivity index (χ4n) is 2.17. The molecule has 0 bridgehead atoms. The molecule has 1 atom stereocenters. The maximum absolute atomic E-state index is 4.41. The minimum Gasteiger partial charge on any atom is -0.338 e. The van der Waals surface area contributed by atoms with Gasteiger partial charge in [0.05, 0.1) is 0 Å². The zero-order valence-corrected chi connectivity index (χ0v) is 12.8. The number of hydrogen-bond donors (Lipinski definition) is 0. The highest BCUT2D eigenvalue weighted by Gasteiger charge is 2.25. The van der Waals surface area contributed by atoms with Crippen LogP contribution in [0.3, 0.4) is 0 Å². The van der Waals surface area contributed by atoms with Gasteiger partial charge in [0.1, 0.15) is 0 Å². The van der Waals surface area contributed by atoms with E-state index in [1.165, 1.54) is 25.7 Å². The summed E-state index contributed by atoms with van der Waals surface area (Å²) in [5, 5.41) is 1.09. The number of halogens is 2. The molecule has 0 aliphatic carbocycles. The number of hydrogen-bond acceptors (Lipinski definition) is 3. The number of nitrogens with zero attached hydrogens (tertiary/aromatic N) is 3. The fourth-order valence-corrected chi connectivity index (χ4v) is 2.77. The predicted octanol–water partition coefficient (Wildman–Crippen LogP) is 3.23. The minimum absolute atomic E-state index is 0.637. The van der Waals surface area contributed by atoms with Crippen molar-refractivity contribution in [3.05, 3.63) is 16.0 Å². The largest absolute Gasteiger partial charge is 0.338 e. The third kappa shape index (κ3) is 3.06. The molecule has 16 heavy (non-hydrogen) atoms. The van der Waals surface area contributed by atoms with E-state index in [1.807, 2.05) is 12.4 Å². The van der Waals surface area contributed by atoms with Gasteiger partial charge >= 0.3 is 0 Å². The van der Waals surface area contributed by atoms with Gasteiger partial charge in [-0.2, -0.15) is 0 Å². The van der Waals surface area contributed by atoms with Crippen LogP contribution in [0.5, 0.6) is 0 Å². The average molecular weight is 396 g/mol. The summed E-state index contributed by atoms with van der Waals surface area (Å²) in [5.41, 5.74) is 0. The summed E-state index contributed by atoms with van der Waals surface area (Å²) in [6.07, 6.45) is 8.79. The molecule has 2 heterocycles. The van der Waals surface area contributed by atoms with E-state index in [0.717, 1.165) is 21.4 Å². The Morgan fingerprint density at radius 1 is 1.44 bits per heavy atom. The van der Waals surface area contributed by atoms with Crippen LogP contribution in [-0.2, 0) is 0 Å². The summed E-state index contributed by atoms with van der Waals surface area (Å²) in [5.74, 6) is 0.900. The lowest BCUT2D eigenvalue weighted by Crippen LogP contribution is -2.30. The Kier molecular flexibility index (Phi) is 4.81. The molecule has 1 saturated heterocycles. The van der Waals surface area contributed by atoms with Gasteiger partial charge in [0.15, 0.2) is 0 Å². The van der Waals surface area contributed by atoms with Crippen molar-refractivity contribution in [1.82, 2.24) is 9.97 Å². The predicted molar refractivity (Wildman–Crippen MR) is 78.1 cm³/mol. The van der Waals surface area contributed by atoms with Crippen LogP contribution < -0.4 is 4.90 Å². The molecule has 88 valence electrons. The SMILES string of the molecule is BrCCCC1CCCN1c1ncc(I)cn1. The van der Waals surface area contributed by atoms with E-state index in [0.29, 0.717) is 6.04 Å². The molecule has 3 nitrogen and oxygen atoms in total. The van der Waals surface area contributed by atoms with Crippen molar-refractivity contribution in [2.75, 3.05) is 16.8 Å². The molecule has 1 aliphatic heterocycles. The van der Waals surface area contributed by atoms with Gasteiger partial charge in [0, 0.05) is 33.9 Å². The first kappa shape index (κ1) is 12.5. The van der Waals surface area contributed by atoms with Gasteiger partial charge in [-0.05, 0) is 48.3 Å². The molecule has 0 N–H and O–H groups in total. The Labute approximate surface area is 118 Å². The number of aromatic nitrogens is 2. The smallest absolute Gasteiger partial charge is 0.225 e. The normalized spacial score (nSPS) is 20.4. The monoisotopic (exact) mass is 395 g/mol. The van der Waals surface area contributed by atoms with E-state index in [-0.39, 0.29) is 0 Å². The number of anilines is 1. The Balaban J connectivity index is 2.04. The van der Waals surface area contributed by atoms with Crippen molar-refractivity contribution in [3.63, 3.8) is 0 Å². The fraction of sp³-hybridized carbons (Fsp3) is 0.636. The highest BCUT2D eigenvalue weighted by molar-refractivity contribution is 14.1. The van der Waals surface area contributed by atoms with Gasteiger partial charge in [0.2, 0.25) is 5.95 Å². The van der Waals surface area contributed by atoms with E-state index < -0.39 is 0 Å². The van der Waals surface area contributed by atoms with Gasteiger partial charge in [-0.25, -0.2) is 9.97 Å². The van der Waals surface area contributed by atoms with Gasteiger partial charge in [-0.1, -0.05) is 15.9 Å². The highest BCUT2D eigenvalue weighted by atomic mass is 127. The van der Waals surface area contributed by atoms with Crippen molar-refractivity contribution >= 4 is 44.5 Å². The van der Waals surface area contributed by atoms with E-state index in [4.69, 9.17) is 0 Å². The highest BCUT2D eigenvalue weighted by Crippen LogP contribution is 2.25. The van der Waals surface area contributed by atoms with Crippen molar-refractivity contribution < 1.29 is 0 Å². The molecule has 1 aliphatic rings. The third-order valence-electron chi connectivity index (χ3n) is 2.91. The van der Waals surface area contributed by atoms with Crippen LogP contribution in [0.25, 0.3) is 0 Å². The molecule has 2 rings (SSSR count). The second-order valence-electron chi connectivity index (χ2n) is 4.02. The molecule has 0 radical (unpaired) electrons. The first-order valence-electron chi connectivity index (χ1n) is 5.61. The second kappa shape index (κ2) is 6.14. The first-order chi connectivity index (χ1) is 7.81. The molecule has 1 aromatic heterocycles. The van der Waals surface area contributed by atoms with Gasteiger partial charge < -0.3 is 4.90 Å². The van der Waals surface area contributed by atoms with Crippen molar-refractivity contribution in [1.29, 1.82) is 0 Å². The van der Waals surface area contributed by atoms with E-state index in [1.54, 1.807) is 0 Å². The summed E-state index contributed by atoms with van der Waals surface area (Å²) in [6, 6.07) is 0.637. The van der Waals surface area contributed by atoms with Crippen LogP contribution in [0, 0.1) is 3.57 Å². The standard InChI is InChI=1S/C11H15BrIN3/c12-5-1-3-10-4-2-6-16(10)11-14-7-9(13)8-15-11/h7-8,10H,1-6H2. The van der Waals surface area contributed by atoms with Crippen LogP contribution in [0.4, 0.5) is 5.95 Å². The third-order valence-corrected chi connectivity index (χ3v) is 4.03. The first-order valence-corrected chi connectivity index (χ1v) is 7.81. The van der Waals surface area contributed by atoms with Gasteiger partial charge in [0.25, 0.3) is 0 Å². The van der Waals surface area contributed by atoms with Crippen LogP contribution in [0.15, 0.2) is 12.4 Å². The summed E-state index contributed by atoms with van der Waals surface area (Å²) in [4.78, 5) is 11.2. The topological polar surface area (TPSA) is 29.0 Å². The maximum Gasteiger partial charge on any atom is 0.225 e. The molecule has 5 heteroatoms. The van der Waals surface area contributed by atoms with Crippen LogP contribution >= 0.6 is 38.5 Å². The van der Waals surface area contributed by atoms with Crippen molar-refractivity contribution in [3.8, 4) is 0 Å². The molecular formula is C11H15BrIN3. The van der Waals surface area contributed by atoms with Crippen LogP contribution in [0.1, 0.15) is 25.7 Å². The molecular weight excluding hydrogens is 381 g/mol. The second-order valence-corrected chi connectivity index (χ2v) is 6.06. The lowest BCUT2D eigenvalue weighted by molar-refractivity contribution is 0.595. The average Bonchev–Trinajstić information content (AvgIpc) is 2.75. The van der Waals surface area contributed by atoms with E-state index >= 15 is 0 Å². The molecule has 1 aromatic rings. The number of rotatable bonds is 4. The summed E-state index contributed by atoms with van der Waals surface area (Å²) < 4.78 is 1.09. The van der Waals surface area contributed by atoms with Crippen molar-refractivity contribution in [2.45, 2.75) is 31.7 Å². The molecule has 1 unspecified atom stereocenters. The van der Waals surface area contributed by atoms with Gasteiger partial charge in [-0.3, -0.25) is 0 Å². The zero-order valence-electron chi connectivity index (χ0n) is 9.07. The zero-order chi connectivity index (χ0) is 11.4. The van der Waals surface area contributed by atoms with Crippen molar-refractivity contribution in [2.24, 2.45) is 0 Å². The quantitative estimate of drug-likeness (QED) is 0.579. The van der Waals surface area contributed by atoms with Crippen LogP contribution in [0.2, 0.25) is 0 Å². The van der Waals surface area contributed by atoms with Gasteiger partial charge in [-0.15, -0.1) is 0 Å². The van der Waals surface area contributed by atoms with E-state index in [9.17, 15) is 0 Å². The van der Waals surface area contributed by atoms with Crippen LogP contribution in [-0.4, -0.2) is 27.9 Å². The summed E-state index contributed by atoms with van der Waals surface area (Å²) in [6.45, 7) is 1.10. The lowest BCUT2D eigenvalue weighted by Gasteiger charge is -2.24. The minimum atomic E-state index is 0.637. The summed E-state index contributed by atoms with van der Waals surface area (Å²) >= 11 is 5.73. The Hall–Kier alpha value is 0.0900. The molecule has 0 aromatic carbocycles. The molecule has 1 fully saturated rings. The Morgan fingerprint density at radius 3 is 2.88 bits per heavy atom. The maximum atomic E-state index is 4.41. The molecule has 0 amide bonds. The Morgan fingerprint density at radius 2 is 2.19 bits per heavy atom. The molecule has 0 saturated carbocycles.